The molecule has 3 aromatic carbocycles. The molecule has 7 heteroatoms. The molecule has 3 aromatic rings. The zero-order valence-electron chi connectivity index (χ0n) is 31.1. The Kier molecular flexibility index (Phi) is 10.5. The highest BCUT2D eigenvalue weighted by molar-refractivity contribution is 6.02. The number of epoxide rings is 1. The number of fused-ring (bicyclic) bond motifs is 2. The highest BCUT2D eigenvalue weighted by Crippen LogP contribution is 2.60. The Balaban J connectivity index is 1.73. The van der Waals surface area contributed by atoms with Gasteiger partial charge in [-0.25, -0.2) is 0 Å². The molecule has 4 rings (SSSR count). The van der Waals surface area contributed by atoms with E-state index in [0.29, 0.717) is 13.0 Å². The summed E-state index contributed by atoms with van der Waals surface area (Å²) in [6.07, 6.45) is 0.297. The fraction of sp³-hybridized carbons (Fsp3) is 0.585. The number of hydrogen-bond acceptors (Lipinski definition) is 7. The van der Waals surface area contributed by atoms with Crippen LogP contribution in [0.3, 0.4) is 0 Å². The van der Waals surface area contributed by atoms with E-state index < -0.39 is 39.1 Å². The molecule has 1 fully saturated rings. The van der Waals surface area contributed by atoms with Crippen molar-refractivity contribution in [2.45, 2.75) is 108 Å². The summed E-state index contributed by atoms with van der Waals surface area (Å²) in [5.74, 6) is -1.89. The van der Waals surface area contributed by atoms with Crippen LogP contribution in [0.5, 0.6) is 0 Å². The van der Waals surface area contributed by atoms with Gasteiger partial charge in [0.1, 0.15) is 24.9 Å². The van der Waals surface area contributed by atoms with E-state index in [-0.39, 0.29) is 37.2 Å². The van der Waals surface area contributed by atoms with E-state index in [0.717, 1.165) is 27.1 Å². The first-order valence-electron chi connectivity index (χ1n) is 17.3. The average molecular weight is 661 g/mol. The minimum atomic E-state index is -1.23. The van der Waals surface area contributed by atoms with Gasteiger partial charge in [0.15, 0.2) is 0 Å². The molecule has 0 radical (unpaired) electrons. The molecule has 1 aliphatic heterocycles. The largest absolute Gasteiger partial charge is 0.462 e. The smallest absolute Gasteiger partial charge is 0.312 e. The highest BCUT2D eigenvalue weighted by Gasteiger charge is 2.64. The maximum absolute atomic E-state index is 14.5. The summed E-state index contributed by atoms with van der Waals surface area (Å²) in [4.78, 5) is 42.5. The summed E-state index contributed by atoms with van der Waals surface area (Å²) in [7, 11) is 0. The fourth-order valence-corrected chi connectivity index (χ4v) is 7.19. The van der Waals surface area contributed by atoms with Gasteiger partial charge in [0.25, 0.3) is 0 Å². The predicted octanol–water partition coefficient (Wildman–Crippen LogP) is 9.07. The first-order valence-corrected chi connectivity index (χ1v) is 17.3. The van der Waals surface area contributed by atoms with Crippen LogP contribution in [0.1, 0.15) is 95.1 Å². The Morgan fingerprint density at radius 2 is 1.29 bits per heavy atom. The summed E-state index contributed by atoms with van der Waals surface area (Å²) >= 11 is 0. The molecule has 5 atom stereocenters. The molecular formula is C41H56O7. The lowest BCUT2D eigenvalue weighted by Crippen LogP contribution is -2.60. The third kappa shape index (κ3) is 6.85. The van der Waals surface area contributed by atoms with Gasteiger partial charge in [0.05, 0.1) is 22.9 Å². The molecule has 0 spiro atoms. The van der Waals surface area contributed by atoms with Gasteiger partial charge in [-0.2, -0.15) is 0 Å². The van der Waals surface area contributed by atoms with Crippen molar-refractivity contribution in [1.82, 2.24) is 0 Å². The molecule has 262 valence electrons. The van der Waals surface area contributed by atoms with E-state index in [1.54, 1.807) is 0 Å². The van der Waals surface area contributed by atoms with Crippen LogP contribution in [0.2, 0.25) is 0 Å². The van der Waals surface area contributed by atoms with Crippen molar-refractivity contribution in [2.24, 2.45) is 33.5 Å². The molecule has 0 bridgehead atoms. The van der Waals surface area contributed by atoms with Crippen LogP contribution in [0, 0.1) is 33.5 Å². The van der Waals surface area contributed by atoms with E-state index >= 15 is 0 Å². The van der Waals surface area contributed by atoms with Gasteiger partial charge in [-0.3, -0.25) is 14.4 Å². The first kappa shape index (κ1) is 37.4. The van der Waals surface area contributed by atoms with Crippen molar-refractivity contribution in [3.63, 3.8) is 0 Å². The van der Waals surface area contributed by atoms with Gasteiger partial charge in [0.2, 0.25) is 0 Å². The molecular weight excluding hydrogens is 604 g/mol. The van der Waals surface area contributed by atoms with Gasteiger partial charge in [-0.05, 0) is 99.7 Å². The Labute approximate surface area is 287 Å². The Hall–Kier alpha value is -3.45. The molecule has 1 heterocycles. The lowest BCUT2D eigenvalue weighted by Gasteiger charge is -2.56. The van der Waals surface area contributed by atoms with Crippen molar-refractivity contribution in [3.05, 3.63) is 60.2 Å². The van der Waals surface area contributed by atoms with Gasteiger partial charge in [0, 0.05) is 5.56 Å². The maximum Gasteiger partial charge on any atom is 0.312 e. The monoisotopic (exact) mass is 660 g/mol. The van der Waals surface area contributed by atoms with Crippen LogP contribution in [0.25, 0.3) is 21.5 Å². The summed E-state index contributed by atoms with van der Waals surface area (Å²) in [6.45, 7) is 23.7. The molecule has 0 saturated carbocycles. The predicted molar refractivity (Wildman–Crippen MR) is 190 cm³/mol. The van der Waals surface area contributed by atoms with Crippen LogP contribution in [-0.4, -0.2) is 42.8 Å². The first-order chi connectivity index (χ1) is 22.2. The third-order valence-electron chi connectivity index (χ3n) is 12.0. The molecule has 1 aliphatic rings. The zero-order valence-corrected chi connectivity index (χ0v) is 31.1. The van der Waals surface area contributed by atoms with Crippen LogP contribution >= 0.6 is 0 Å². The van der Waals surface area contributed by atoms with Crippen molar-refractivity contribution in [1.29, 1.82) is 0 Å². The zero-order chi connectivity index (χ0) is 35.9. The van der Waals surface area contributed by atoms with E-state index in [4.69, 9.17) is 18.9 Å². The standard InChI is InChI=1S/C41H56O7/c1-13-40(11,35(43)47-25-33-31-20-16-14-18-28(31)22-29-19-15-17-21-32(29)33)39(9,10)41(12,36(44)46-24-30-23-45-30)27(3)26(2)38(7,8)34(42)48-37(4,5)6/h14-22,26-27,30H,13,23-25H2,1-12H3. The second-order valence-electron chi connectivity index (χ2n) is 16.2. The van der Waals surface area contributed by atoms with Crippen molar-refractivity contribution in [2.75, 3.05) is 13.2 Å². The lowest BCUT2D eigenvalue weighted by atomic mass is 9.46. The highest BCUT2D eigenvalue weighted by atomic mass is 16.6. The third-order valence-corrected chi connectivity index (χ3v) is 12.0. The SMILES string of the molecule is CCC(C)(C(=O)OCc1c2ccccc2cc2ccccc12)C(C)(C)C(C)(C(=O)OCC1CO1)C(C)C(C)C(C)(C)C(=O)OC(C)(C)C. The number of rotatable bonds is 13. The van der Waals surface area contributed by atoms with Crippen LogP contribution in [0.4, 0.5) is 0 Å². The summed E-state index contributed by atoms with van der Waals surface area (Å²) < 4.78 is 23.4. The molecule has 0 amide bonds. The summed E-state index contributed by atoms with van der Waals surface area (Å²) in [5, 5.41) is 4.21. The van der Waals surface area contributed by atoms with Gasteiger partial charge >= 0.3 is 17.9 Å². The van der Waals surface area contributed by atoms with Gasteiger partial charge in [-0.1, -0.05) is 83.1 Å². The molecule has 0 aromatic heterocycles. The summed E-state index contributed by atoms with van der Waals surface area (Å²) in [5.41, 5.74) is -3.99. The van der Waals surface area contributed by atoms with E-state index in [9.17, 15) is 14.4 Å². The van der Waals surface area contributed by atoms with Crippen molar-refractivity contribution < 1.29 is 33.3 Å². The number of carbonyl (C=O) groups is 3. The maximum atomic E-state index is 14.5. The fourth-order valence-electron chi connectivity index (χ4n) is 7.19. The molecule has 48 heavy (non-hydrogen) atoms. The van der Waals surface area contributed by atoms with Crippen molar-refractivity contribution in [3.8, 4) is 0 Å². The van der Waals surface area contributed by atoms with Gasteiger partial charge < -0.3 is 18.9 Å². The number of carbonyl (C=O) groups excluding carboxylic acids is 3. The molecule has 0 aliphatic carbocycles. The second-order valence-corrected chi connectivity index (χ2v) is 16.2. The second kappa shape index (κ2) is 13.5. The topological polar surface area (TPSA) is 91.4 Å². The Morgan fingerprint density at radius 1 is 0.771 bits per heavy atom. The van der Waals surface area contributed by atoms with E-state index in [2.05, 4.69) is 30.3 Å². The number of esters is 3. The lowest BCUT2D eigenvalue weighted by molar-refractivity contribution is -0.197. The molecule has 1 saturated heterocycles. The molecule has 0 N–H and O–H groups in total. The minimum absolute atomic E-state index is 0.0875. The average Bonchev–Trinajstić information content (AvgIpc) is 3.87. The number of ether oxygens (including phenoxy) is 4. The molecule has 5 unspecified atom stereocenters. The number of hydrogen-bond donors (Lipinski definition) is 0. The minimum Gasteiger partial charge on any atom is -0.462 e. The van der Waals surface area contributed by atoms with Crippen LogP contribution < -0.4 is 0 Å². The Morgan fingerprint density at radius 3 is 1.77 bits per heavy atom. The Bertz CT molecular complexity index is 1610. The number of benzene rings is 3. The van der Waals surface area contributed by atoms with E-state index in [1.165, 1.54) is 0 Å². The van der Waals surface area contributed by atoms with Crippen molar-refractivity contribution >= 4 is 39.5 Å². The van der Waals surface area contributed by atoms with E-state index in [1.807, 2.05) is 107 Å². The normalized spacial score (nSPS) is 19.1. The quantitative estimate of drug-likeness (QED) is 0.0782. The molecule has 7 nitrogen and oxygen atoms in total. The van der Waals surface area contributed by atoms with Gasteiger partial charge in [-0.15, -0.1) is 0 Å². The summed E-state index contributed by atoms with van der Waals surface area (Å²) in [6, 6.07) is 18.4. The van der Waals surface area contributed by atoms with Crippen LogP contribution in [0.15, 0.2) is 54.6 Å². The van der Waals surface area contributed by atoms with Crippen LogP contribution in [-0.2, 0) is 39.9 Å².